The first kappa shape index (κ1) is 23.5. The number of hydrogen-bond donors (Lipinski definition) is 3. The van der Waals surface area contributed by atoms with Crippen molar-refractivity contribution < 1.29 is 23.5 Å². The zero-order valence-corrected chi connectivity index (χ0v) is 17.0. The van der Waals surface area contributed by atoms with Crippen molar-refractivity contribution in [1.82, 2.24) is 10.6 Å². The van der Waals surface area contributed by atoms with Crippen LogP contribution in [0.15, 0.2) is 0 Å². The Bertz CT molecular complexity index is 459. The molecule has 0 rings (SSSR count). The van der Waals surface area contributed by atoms with Crippen LogP contribution in [0.1, 0.15) is 27.2 Å². The summed E-state index contributed by atoms with van der Waals surface area (Å²) in [5, 5.41) is 5.54. The number of thioether (sulfide) groups is 1. The summed E-state index contributed by atoms with van der Waals surface area (Å²) >= 11 is 1.66. The van der Waals surface area contributed by atoms with Crippen molar-refractivity contribution in [2.24, 2.45) is 11.3 Å². The smallest absolute Gasteiger partial charge is 0.247 e. The lowest BCUT2D eigenvalue weighted by Crippen LogP contribution is -2.41. The van der Waals surface area contributed by atoms with Crippen molar-refractivity contribution in [3.63, 3.8) is 0 Å². The maximum atomic E-state index is 12.2. The van der Waals surface area contributed by atoms with Gasteiger partial charge in [0.1, 0.15) is 0 Å². The minimum absolute atomic E-state index is 0.0772. The van der Waals surface area contributed by atoms with Crippen LogP contribution in [0.4, 0.5) is 0 Å². The van der Waals surface area contributed by atoms with E-state index < -0.39 is 13.0 Å². The Morgan fingerprint density at radius 1 is 1.33 bits per heavy atom. The fraction of sp³-hybridized carbons (Fsp3) is 0.800. The monoisotopic (exact) mass is 382 g/mol. The minimum atomic E-state index is -3.07. The zero-order chi connectivity index (χ0) is 18.8. The van der Waals surface area contributed by atoms with E-state index in [1.54, 1.807) is 18.7 Å². The molecule has 2 atom stereocenters. The van der Waals surface area contributed by atoms with Crippen molar-refractivity contribution >= 4 is 37.4 Å². The lowest BCUT2D eigenvalue weighted by Gasteiger charge is -2.32. The van der Waals surface area contributed by atoms with Gasteiger partial charge < -0.3 is 24.6 Å². The molecule has 0 radical (unpaired) electrons. The highest BCUT2D eigenvalue weighted by Gasteiger charge is 2.33. The summed E-state index contributed by atoms with van der Waals surface area (Å²) in [6.45, 7) is 6.56. The third-order valence-corrected chi connectivity index (χ3v) is 5.48. The molecule has 2 unspecified atom stereocenters. The van der Waals surface area contributed by atoms with Gasteiger partial charge in [-0.15, -0.1) is 0 Å². The predicted octanol–water partition coefficient (Wildman–Crippen LogP) is 1.48. The molecular weight excluding hydrogens is 351 g/mol. The maximum Gasteiger partial charge on any atom is 0.247 e. The molecule has 0 aromatic carbocycles. The molecule has 0 aromatic rings. The number of carbonyl (C=O) groups excluding carboxylic acids is 2. The van der Waals surface area contributed by atoms with Gasteiger partial charge in [-0.3, -0.25) is 9.59 Å². The predicted molar refractivity (Wildman–Crippen MR) is 101 cm³/mol. The van der Waals surface area contributed by atoms with Crippen LogP contribution in [0.2, 0.25) is 0 Å². The van der Waals surface area contributed by atoms with E-state index in [9.17, 15) is 14.5 Å². The van der Waals surface area contributed by atoms with Gasteiger partial charge in [-0.05, 0) is 18.0 Å². The third-order valence-electron chi connectivity index (χ3n) is 3.77. The van der Waals surface area contributed by atoms with Gasteiger partial charge >= 0.3 is 0 Å². The van der Waals surface area contributed by atoms with Crippen LogP contribution < -0.4 is 10.6 Å². The van der Waals surface area contributed by atoms with Crippen LogP contribution in [-0.4, -0.2) is 61.8 Å². The summed E-state index contributed by atoms with van der Waals surface area (Å²) in [5.74, 6) is 0.260. The molecule has 0 saturated carbocycles. The summed E-state index contributed by atoms with van der Waals surface area (Å²) in [4.78, 5) is 33.5. The van der Waals surface area contributed by atoms with Gasteiger partial charge in [0.15, 0.2) is 0 Å². The summed E-state index contributed by atoms with van der Waals surface area (Å²) in [5.41, 5.74) is -0.519. The number of hydrogen-bond acceptors (Lipinski definition) is 6. The Labute approximate surface area is 149 Å². The second kappa shape index (κ2) is 11.2. The first-order chi connectivity index (χ1) is 11.1. The molecule has 7 nitrogen and oxygen atoms in total. The highest BCUT2D eigenvalue weighted by atomic mass is 32.2. The molecule has 24 heavy (non-hydrogen) atoms. The van der Waals surface area contributed by atoms with E-state index >= 15 is 0 Å². The Kier molecular flexibility index (Phi) is 10.9. The van der Waals surface area contributed by atoms with Crippen LogP contribution in [-0.2, 0) is 18.6 Å². The fourth-order valence-corrected chi connectivity index (χ4v) is 2.58. The van der Waals surface area contributed by atoms with Gasteiger partial charge in [0, 0.05) is 38.3 Å². The van der Waals surface area contributed by atoms with Crippen molar-refractivity contribution in [1.29, 1.82) is 0 Å². The summed E-state index contributed by atoms with van der Waals surface area (Å²) in [6, 6.07) is 0. The maximum absolute atomic E-state index is 12.2. The topological polar surface area (TPSA) is 96.9 Å². The number of carbonyl (C=O) groups is 2. The van der Waals surface area contributed by atoms with Gasteiger partial charge in [-0.1, -0.05) is 20.8 Å². The Morgan fingerprint density at radius 2 is 1.96 bits per heavy atom. The molecule has 0 aliphatic carbocycles. The standard InChI is InChI=1S/C15H31N2O5PS/c1-12(15(2,3)11-22-23(5,20)21-4)14(19)17-8-7-13(18)16-9-10-24-6/h12,20H,5,7-11H2,1-4,6H3,(H,16,18)(H,17,19). The van der Waals surface area contributed by atoms with Gasteiger partial charge in [0.25, 0.3) is 0 Å². The van der Waals surface area contributed by atoms with Gasteiger partial charge in [-0.2, -0.15) is 11.8 Å². The molecule has 0 saturated heterocycles. The average molecular weight is 382 g/mol. The second-order valence-corrected chi connectivity index (χ2v) is 9.07. The summed E-state index contributed by atoms with van der Waals surface area (Å²) in [7, 11) is -1.75. The molecule has 9 heteroatoms. The SMILES string of the molecule is C=P(O)(OC)OCC(C)(C)C(C)C(=O)NCCC(=O)NCCSC. The molecule has 0 aromatic heterocycles. The van der Waals surface area contributed by atoms with Crippen molar-refractivity contribution in [3.8, 4) is 0 Å². The lowest BCUT2D eigenvalue weighted by atomic mass is 9.80. The second-order valence-electron chi connectivity index (χ2n) is 6.19. The number of rotatable bonds is 12. The highest BCUT2D eigenvalue weighted by molar-refractivity contribution is 7.98. The molecule has 0 bridgehead atoms. The normalized spacial score (nSPS) is 15.4. The molecule has 0 aliphatic rings. The lowest BCUT2D eigenvalue weighted by molar-refractivity contribution is -0.128. The van der Waals surface area contributed by atoms with E-state index in [0.29, 0.717) is 6.54 Å². The van der Waals surface area contributed by atoms with Gasteiger partial charge in [0.2, 0.25) is 19.4 Å². The van der Waals surface area contributed by atoms with E-state index in [4.69, 9.17) is 9.05 Å². The molecule has 3 N–H and O–H groups in total. The van der Waals surface area contributed by atoms with Crippen molar-refractivity contribution in [2.45, 2.75) is 27.2 Å². The molecule has 0 spiro atoms. The summed E-state index contributed by atoms with van der Waals surface area (Å²) < 4.78 is 10.1. The zero-order valence-electron chi connectivity index (χ0n) is 15.3. The molecule has 0 heterocycles. The van der Waals surface area contributed by atoms with E-state index in [-0.39, 0.29) is 37.3 Å². The molecule has 0 aliphatic heterocycles. The van der Waals surface area contributed by atoms with Gasteiger partial charge in [-0.25, -0.2) is 0 Å². The number of nitrogens with one attached hydrogen (secondary N) is 2. The average Bonchev–Trinajstić information content (AvgIpc) is 2.52. The third kappa shape index (κ3) is 9.69. The van der Waals surface area contributed by atoms with Crippen molar-refractivity contribution in [2.75, 3.05) is 38.8 Å². The van der Waals surface area contributed by atoms with Crippen LogP contribution >= 0.6 is 19.3 Å². The fourth-order valence-electron chi connectivity index (χ4n) is 1.63. The Balaban J connectivity index is 4.25. The Morgan fingerprint density at radius 3 is 2.50 bits per heavy atom. The first-order valence-corrected chi connectivity index (χ1v) is 10.9. The van der Waals surface area contributed by atoms with Crippen molar-refractivity contribution in [3.05, 3.63) is 0 Å². The number of amides is 2. The molecule has 142 valence electrons. The van der Waals surface area contributed by atoms with Crippen LogP contribution in [0, 0.1) is 11.3 Å². The van der Waals surface area contributed by atoms with E-state index in [1.807, 2.05) is 20.1 Å². The van der Waals surface area contributed by atoms with E-state index in [1.165, 1.54) is 7.11 Å². The van der Waals surface area contributed by atoms with Crippen LogP contribution in [0.5, 0.6) is 0 Å². The quantitative estimate of drug-likeness (QED) is 0.349. The summed E-state index contributed by atoms with van der Waals surface area (Å²) in [6.07, 6.45) is 5.69. The van der Waals surface area contributed by atoms with E-state index in [0.717, 1.165) is 5.75 Å². The van der Waals surface area contributed by atoms with Crippen LogP contribution in [0.25, 0.3) is 0 Å². The largest absolute Gasteiger partial charge is 0.355 e. The van der Waals surface area contributed by atoms with Gasteiger partial charge in [0.05, 0.1) is 6.61 Å². The minimum Gasteiger partial charge on any atom is -0.355 e. The van der Waals surface area contributed by atoms with Crippen LogP contribution in [0.3, 0.4) is 0 Å². The van der Waals surface area contributed by atoms with E-state index in [2.05, 4.69) is 16.9 Å². The first-order valence-electron chi connectivity index (χ1n) is 7.75. The highest BCUT2D eigenvalue weighted by Crippen LogP contribution is 2.44. The molecular formula is C15H31N2O5PS. The Hall–Kier alpha value is -0.530. The molecule has 0 fully saturated rings. The molecule has 2 amide bonds.